The summed E-state index contributed by atoms with van der Waals surface area (Å²) in [6.45, 7) is 6.54. The number of esters is 1. The molecule has 0 N–H and O–H groups in total. The second-order valence-electron chi connectivity index (χ2n) is 6.58. The van der Waals surface area contributed by atoms with Crippen LogP contribution in [-0.4, -0.2) is 29.8 Å². The highest BCUT2D eigenvalue weighted by atomic mass is 32.1. The fourth-order valence-electron chi connectivity index (χ4n) is 3.12. The maximum atomic E-state index is 12.5. The minimum absolute atomic E-state index is 0.198. The van der Waals surface area contributed by atoms with E-state index in [0.717, 1.165) is 15.8 Å². The average molecular weight is 436 g/mol. The van der Waals surface area contributed by atoms with E-state index in [1.807, 2.05) is 16.7 Å². The maximum absolute atomic E-state index is 12.5. The van der Waals surface area contributed by atoms with Crippen LogP contribution >= 0.6 is 11.3 Å². The Bertz CT molecular complexity index is 1270. The molecule has 158 valence electrons. The van der Waals surface area contributed by atoms with Gasteiger partial charge in [0.2, 0.25) is 6.79 Å². The summed E-state index contributed by atoms with van der Waals surface area (Å²) in [6, 6.07) is 10.7. The van der Waals surface area contributed by atoms with Gasteiger partial charge in [0.1, 0.15) is 0 Å². The summed E-state index contributed by atoms with van der Waals surface area (Å²) in [5.41, 5.74) is 2.13. The molecule has 2 aromatic carbocycles. The van der Waals surface area contributed by atoms with Crippen LogP contribution in [0, 0.1) is 0 Å². The summed E-state index contributed by atoms with van der Waals surface area (Å²) >= 11 is 1.33. The first-order valence-electron chi connectivity index (χ1n) is 9.67. The Labute approximate surface area is 182 Å². The minimum atomic E-state index is -0.396. The number of hydrogen-bond donors (Lipinski definition) is 0. The number of fused-ring (bicyclic) bond motifs is 2. The quantitative estimate of drug-likeness (QED) is 0.332. The summed E-state index contributed by atoms with van der Waals surface area (Å²) in [5, 5.41) is 0. The van der Waals surface area contributed by atoms with Crippen LogP contribution < -0.4 is 14.3 Å². The van der Waals surface area contributed by atoms with Gasteiger partial charge in [-0.15, -0.1) is 6.58 Å². The van der Waals surface area contributed by atoms with Crippen LogP contribution in [0.15, 0.2) is 60.1 Å². The van der Waals surface area contributed by atoms with Crippen molar-refractivity contribution in [3.63, 3.8) is 0 Å². The van der Waals surface area contributed by atoms with Crippen molar-refractivity contribution in [3.8, 4) is 11.5 Å². The van der Waals surface area contributed by atoms with Crippen molar-refractivity contribution < 1.29 is 23.8 Å². The third-order valence-corrected chi connectivity index (χ3v) is 5.57. The van der Waals surface area contributed by atoms with E-state index in [9.17, 15) is 9.59 Å². The number of carbonyl (C=O) groups is 2. The zero-order chi connectivity index (χ0) is 21.8. The fourth-order valence-corrected chi connectivity index (χ4v) is 4.21. The van der Waals surface area contributed by atoms with Crippen LogP contribution in [0.3, 0.4) is 0 Å². The lowest BCUT2D eigenvalue weighted by Crippen LogP contribution is -2.15. The Morgan fingerprint density at radius 1 is 1.23 bits per heavy atom. The van der Waals surface area contributed by atoms with E-state index in [1.54, 1.807) is 43.3 Å². The maximum Gasteiger partial charge on any atom is 0.338 e. The molecule has 0 radical (unpaired) electrons. The second-order valence-corrected chi connectivity index (χ2v) is 7.59. The van der Waals surface area contributed by atoms with Crippen molar-refractivity contribution in [1.29, 1.82) is 0 Å². The summed E-state index contributed by atoms with van der Waals surface area (Å²) in [6.07, 6.45) is 4.82. The molecule has 7 nitrogen and oxygen atoms in total. The van der Waals surface area contributed by atoms with E-state index in [-0.39, 0.29) is 12.8 Å². The first kappa shape index (κ1) is 20.6. The number of allylic oxidation sites excluding steroid dienone is 1. The number of nitrogens with zero attached hydrogens (tertiary/aromatic N) is 2. The van der Waals surface area contributed by atoms with Gasteiger partial charge in [0, 0.05) is 12.6 Å². The van der Waals surface area contributed by atoms with E-state index in [0.29, 0.717) is 35.0 Å². The topological polar surface area (TPSA) is 79.1 Å². The van der Waals surface area contributed by atoms with Gasteiger partial charge in [-0.05, 0) is 48.9 Å². The van der Waals surface area contributed by atoms with E-state index in [4.69, 9.17) is 14.2 Å². The highest BCUT2D eigenvalue weighted by Gasteiger charge is 2.13. The monoisotopic (exact) mass is 436 g/mol. The van der Waals surface area contributed by atoms with Crippen molar-refractivity contribution in [2.24, 2.45) is 4.99 Å². The number of ether oxygens (including phenoxy) is 3. The number of rotatable bonds is 6. The van der Waals surface area contributed by atoms with Crippen LogP contribution in [0.4, 0.5) is 0 Å². The molecule has 3 aromatic rings. The average Bonchev–Trinajstić information content (AvgIpc) is 3.36. The number of hydrogen-bond acceptors (Lipinski definition) is 6. The largest absolute Gasteiger partial charge is 0.462 e. The number of aromatic nitrogens is 1. The van der Waals surface area contributed by atoms with Gasteiger partial charge in [0.05, 0.1) is 22.4 Å². The van der Waals surface area contributed by atoms with Gasteiger partial charge < -0.3 is 18.8 Å². The van der Waals surface area contributed by atoms with E-state index in [2.05, 4.69) is 11.6 Å². The normalized spacial score (nSPS) is 13.1. The molecular formula is C23H20N2O5S. The molecule has 4 rings (SSSR count). The Kier molecular flexibility index (Phi) is 5.99. The predicted octanol–water partition coefficient (Wildman–Crippen LogP) is 3.93. The van der Waals surface area contributed by atoms with Gasteiger partial charge in [0.15, 0.2) is 16.3 Å². The molecule has 0 saturated heterocycles. The lowest BCUT2D eigenvalue weighted by atomic mass is 10.2. The Morgan fingerprint density at radius 2 is 2.06 bits per heavy atom. The first-order valence-corrected chi connectivity index (χ1v) is 10.5. The molecule has 0 atom stereocenters. The van der Waals surface area contributed by atoms with Crippen molar-refractivity contribution in [3.05, 3.63) is 71.1 Å². The van der Waals surface area contributed by atoms with Gasteiger partial charge >= 0.3 is 5.97 Å². The SMILES string of the molecule is C=CCn1c(=NC(=O)/C=C\c2ccc3c(c2)OCO3)sc2cc(C(=O)OCC)ccc21. The summed E-state index contributed by atoms with van der Waals surface area (Å²) < 4.78 is 18.4. The van der Waals surface area contributed by atoms with E-state index in [1.165, 1.54) is 17.4 Å². The molecule has 1 aromatic heterocycles. The first-order chi connectivity index (χ1) is 15.1. The molecule has 8 heteroatoms. The summed E-state index contributed by atoms with van der Waals surface area (Å²) in [4.78, 5) is 29.3. The van der Waals surface area contributed by atoms with E-state index >= 15 is 0 Å². The van der Waals surface area contributed by atoms with Crippen LogP contribution in [-0.2, 0) is 16.1 Å². The predicted molar refractivity (Wildman–Crippen MR) is 118 cm³/mol. The van der Waals surface area contributed by atoms with Crippen molar-refractivity contribution in [1.82, 2.24) is 4.57 Å². The summed E-state index contributed by atoms with van der Waals surface area (Å²) in [7, 11) is 0. The van der Waals surface area contributed by atoms with Gasteiger partial charge in [0.25, 0.3) is 5.91 Å². The molecule has 1 aliphatic heterocycles. The fraction of sp³-hybridized carbons (Fsp3) is 0.174. The molecule has 1 aliphatic rings. The third kappa shape index (κ3) is 4.44. The van der Waals surface area contributed by atoms with Crippen LogP contribution in [0.1, 0.15) is 22.8 Å². The zero-order valence-corrected chi connectivity index (χ0v) is 17.7. The van der Waals surface area contributed by atoms with E-state index < -0.39 is 5.91 Å². The van der Waals surface area contributed by atoms with Crippen LogP contribution in [0.5, 0.6) is 11.5 Å². The molecule has 0 spiro atoms. The molecular weight excluding hydrogens is 416 g/mol. The standard InChI is InChI=1S/C23H20N2O5S/c1-3-11-25-17-8-7-16(22(27)28-4-2)13-20(17)31-23(25)24-21(26)10-6-15-5-9-18-19(12-15)30-14-29-18/h3,5-10,12-13H,1,4,11,14H2,2H3/b10-6-,24-23?. The van der Waals surface area contributed by atoms with Crippen molar-refractivity contribution >= 4 is 39.5 Å². The zero-order valence-electron chi connectivity index (χ0n) is 16.9. The molecule has 1 amide bonds. The third-order valence-electron chi connectivity index (χ3n) is 4.53. The highest BCUT2D eigenvalue weighted by molar-refractivity contribution is 7.16. The van der Waals surface area contributed by atoms with Gasteiger partial charge in [-0.25, -0.2) is 4.79 Å². The summed E-state index contributed by atoms with van der Waals surface area (Å²) in [5.74, 6) is 0.560. The lowest BCUT2D eigenvalue weighted by Gasteiger charge is -2.03. The Hall–Kier alpha value is -3.65. The van der Waals surface area contributed by atoms with Gasteiger partial charge in [-0.2, -0.15) is 4.99 Å². The molecule has 31 heavy (non-hydrogen) atoms. The smallest absolute Gasteiger partial charge is 0.338 e. The Balaban J connectivity index is 1.64. The number of carbonyl (C=O) groups excluding carboxylic acids is 2. The lowest BCUT2D eigenvalue weighted by molar-refractivity contribution is -0.113. The molecule has 0 unspecified atom stereocenters. The number of benzene rings is 2. The molecule has 0 saturated carbocycles. The highest BCUT2D eigenvalue weighted by Crippen LogP contribution is 2.32. The number of thiazole rings is 1. The Morgan fingerprint density at radius 3 is 2.87 bits per heavy atom. The molecule has 0 bridgehead atoms. The van der Waals surface area contributed by atoms with Crippen LogP contribution in [0.25, 0.3) is 16.3 Å². The second kappa shape index (κ2) is 9.01. The molecule has 0 aliphatic carbocycles. The molecule has 0 fully saturated rings. The van der Waals surface area contributed by atoms with Gasteiger partial charge in [-0.1, -0.05) is 23.5 Å². The number of amides is 1. The minimum Gasteiger partial charge on any atom is -0.462 e. The van der Waals surface area contributed by atoms with Gasteiger partial charge in [-0.3, -0.25) is 4.79 Å². The van der Waals surface area contributed by atoms with Crippen molar-refractivity contribution in [2.45, 2.75) is 13.5 Å². The van der Waals surface area contributed by atoms with Crippen molar-refractivity contribution in [2.75, 3.05) is 13.4 Å². The molecule has 2 heterocycles. The van der Waals surface area contributed by atoms with Crippen LogP contribution in [0.2, 0.25) is 0 Å².